The van der Waals surface area contributed by atoms with E-state index in [1.165, 1.54) is 25.0 Å². The standard InChI is InChI=1S/C12H15FN2S/c1-2-3-4-7-15-11-8-9(13)5-6-10(11)14-12(15)16/h5-6,8H,2-4,7H2,1H3,(H,14,16). The van der Waals surface area contributed by atoms with Crippen LogP contribution in [0.15, 0.2) is 18.2 Å². The Hall–Kier alpha value is -1.16. The van der Waals surface area contributed by atoms with E-state index >= 15 is 0 Å². The molecule has 2 aromatic rings. The molecule has 0 aliphatic rings. The van der Waals surface area contributed by atoms with E-state index in [4.69, 9.17) is 12.2 Å². The van der Waals surface area contributed by atoms with E-state index < -0.39 is 0 Å². The number of fused-ring (bicyclic) bond motifs is 1. The smallest absolute Gasteiger partial charge is 0.178 e. The normalized spacial score (nSPS) is 11.1. The van der Waals surface area contributed by atoms with Gasteiger partial charge in [-0.25, -0.2) is 4.39 Å². The number of H-pyrrole nitrogens is 1. The summed E-state index contributed by atoms with van der Waals surface area (Å²) in [6, 6.07) is 4.72. The topological polar surface area (TPSA) is 20.7 Å². The molecule has 0 aliphatic heterocycles. The van der Waals surface area contributed by atoms with Gasteiger partial charge in [-0.1, -0.05) is 19.8 Å². The zero-order valence-corrected chi connectivity index (χ0v) is 10.1. The van der Waals surface area contributed by atoms with Gasteiger partial charge in [-0.3, -0.25) is 0 Å². The number of rotatable bonds is 4. The zero-order chi connectivity index (χ0) is 11.5. The lowest BCUT2D eigenvalue weighted by Gasteiger charge is -2.03. The summed E-state index contributed by atoms with van der Waals surface area (Å²) in [6.45, 7) is 3.02. The van der Waals surface area contributed by atoms with Gasteiger partial charge in [-0.2, -0.15) is 0 Å². The maximum Gasteiger partial charge on any atom is 0.178 e. The molecule has 0 aliphatic carbocycles. The molecule has 4 heteroatoms. The molecule has 0 amide bonds. The minimum Gasteiger partial charge on any atom is -0.331 e. The lowest BCUT2D eigenvalue weighted by Crippen LogP contribution is -1.97. The second kappa shape index (κ2) is 4.78. The molecule has 1 heterocycles. The van der Waals surface area contributed by atoms with Crippen molar-refractivity contribution in [1.29, 1.82) is 0 Å². The van der Waals surface area contributed by atoms with Crippen LogP contribution in [0, 0.1) is 10.6 Å². The van der Waals surface area contributed by atoms with E-state index in [9.17, 15) is 4.39 Å². The Morgan fingerprint density at radius 2 is 2.19 bits per heavy atom. The summed E-state index contributed by atoms with van der Waals surface area (Å²) in [6.07, 6.45) is 3.42. The van der Waals surface area contributed by atoms with Gasteiger partial charge in [0.25, 0.3) is 0 Å². The van der Waals surface area contributed by atoms with Gasteiger partial charge in [-0.05, 0) is 36.8 Å². The molecule has 86 valence electrons. The van der Waals surface area contributed by atoms with E-state index in [0.29, 0.717) is 4.77 Å². The van der Waals surface area contributed by atoms with E-state index in [0.717, 1.165) is 24.0 Å². The number of aromatic amines is 1. The number of aryl methyl sites for hydroxylation is 1. The maximum atomic E-state index is 13.2. The van der Waals surface area contributed by atoms with E-state index in [2.05, 4.69) is 11.9 Å². The molecule has 16 heavy (non-hydrogen) atoms. The van der Waals surface area contributed by atoms with Crippen LogP contribution in [-0.4, -0.2) is 9.55 Å². The lowest BCUT2D eigenvalue weighted by atomic mass is 10.2. The Morgan fingerprint density at radius 1 is 1.38 bits per heavy atom. The molecule has 1 aromatic carbocycles. The molecule has 1 N–H and O–H groups in total. The van der Waals surface area contributed by atoms with Gasteiger partial charge >= 0.3 is 0 Å². The van der Waals surface area contributed by atoms with E-state index in [1.807, 2.05) is 4.57 Å². The average molecular weight is 238 g/mol. The minimum atomic E-state index is -0.217. The molecule has 0 spiro atoms. The molecule has 2 nitrogen and oxygen atoms in total. The van der Waals surface area contributed by atoms with Crippen LogP contribution in [0.5, 0.6) is 0 Å². The van der Waals surface area contributed by atoms with Crippen molar-refractivity contribution in [2.45, 2.75) is 32.7 Å². The first-order valence-corrected chi connectivity index (χ1v) is 6.01. The number of benzene rings is 1. The third-order valence-corrected chi connectivity index (χ3v) is 3.05. The highest BCUT2D eigenvalue weighted by Gasteiger charge is 2.04. The fourth-order valence-electron chi connectivity index (χ4n) is 1.87. The van der Waals surface area contributed by atoms with Crippen molar-refractivity contribution < 1.29 is 4.39 Å². The third-order valence-electron chi connectivity index (χ3n) is 2.72. The summed E-state index contributed by atoms with van der Waals surface area (Å²) < 4.78 is 15.8. The number of unbranched alkanes of at least 4 members (excludes halogenated alkanes) is 2. The third kappa shape index (κ3) is 2.16. The van der Waals surface area contributed by atoms with Crippen LogP contribution < -0.4 is 0 Å². The predicted molar refractivity (Wildman–Crippen MR) is 66.6 cm³/mol. The molecule has 1 aromatic heterocycles. The predicted octanol–water partition coefficient (Wildman–Crippen LogP) is 4.03. The zero-order valence-electron chi connectivity index (χ0n) is 9.29. The molecule has 0 bridgehead atoms. The van der Waals surface area contributed by atoms with Crippen molar-refractivity contribution in [3.8, 4) is 0 Å². The highest BCUT2D eigenvalue weighted by molar-refractivity contribution is 7.71. The SMILES string of the molecule is CCCCCn1c(=S)[nH]c2ccc(F)cc21. The molecule has 2 rings (SSSR count). The molecule has 0 radical (unpaired) electrons. The van der Waals surface area contributed by atoms with Crippen LogP contribution >= 0.6 is 12.2 Å². The molecular formula is C12H15FN2S. The summed E-state index contributed by atoms with van der Waals surface area (Å²) in [5, 5.41) is 0. The number of nitrogens with one attached hydrogen (secondary N) is 1. The van der Waals surface area contributed by atoms with Crippen molar-refractivity contribution in [3.05, 3.63) is 28.8 Å². The summed E-state index contributed by atoms with van der Waals surface area (Å²) >= 11 is 5.23. The lowest BCUT2D eigenvalue weighted by molar-refractivity contribution is 0.604. The summed E-state index contributed by atoms with van der Waals surface area (Å²) in [5.41, 5.74) is 1.77. The fraction of sp³-hybridized carbons (Fsp3) is 0.417. The van der Waals surface area contributed by atoms with E-state index in [1.54, 1.807) is 6.07 Å². The van der Waals surface area contributed by atoms with Crippen LogP contribution in [0.2, 0.25) is 0 Å². The summed E-state index contributed by atoms with van der Waals surface area (Å²) in [4.78, 5) is 3.09. The number of hydrogen-bond acceptors (Lipinski definition) is 1. The summed E-state index contributed by atoms with van der Waals surface area (Å²) in [7, 11) is 0. The van der Waals surface area contributed by atoms with Crippen molar-refractivity contribution in [2.75, 3.05) is 0 Å². The van der Waals surface area contributed by atoms with Crippen molar-refractivity contribution in [2.24, 2.45) is 0 Å². The van der Waals surface area contributed by atoms with Crippen molar-refractivity contribution in [3.63, 3.8) is 0 Å². The minimum absolute atomic E-state index is 0.217. The Labute approximate surface area is 99.1 Å². The highest BCUT2D eigenvalue weighted by atomic mass is 32.1. The van der Waals surface area contributed by atoms with Gasteiger partial charge in [-0.15, -0.1) is 0 Å². The van der Waals surface area contributed by atoms with Gasteiger partial charge < -0.3 is 9.55 Å². The Balaban J connectivity index is 2.38. The molecule has 0 atom stereocenters. The van der Waals surface area contributed by atoms with Crippen LogP contribution in [-0.2, 0) is 6.54 Å². The van der Waals surface area contributed by atoms with Gasteiger partial charge in [0.1, 0.15) is 5.82 Å². The summed E-state index contributed by atoms with van der Waals surface area (Å²) in [5.74, 6) is -0.217. The first kappa shape index (κ1) is 11.3. The number of hydrogen-bond donors (Lipinski definition) is 1. The Kier molecular flexibility index (Phi) is 3.39. The van der Waals surface area contributed by atoms with E-state index in [-0.39, 0.29) is 5.82 Å². The number of halogens is 1. The van der Waals surface area contributed by atoms with Gasteiger partial charge in [0.05, 0.1) is 11.0 Å². The number of nitrogens with zero attached hydrogens (tertiary/aromatic N) is 1. The fourth-order valence-corrected chi connectivity index (χ4v) is 2.17. The molecule has 0 saturated heterocycles. The molecule has 0 saturated carbocycles. The largest absolute Gasteiger partial charge is 0.331 e. The van der Waals surface area contributed by atoms with Crippen LogP contribution in [0.3, 0.4) is 0 Å². The second-order valence-corrected chi connectivity index (χ2v) is 4.34. The van der Waals surface area contributed by atoms with Crippen molar-refractivity contribution in [1.82, 2.24) is 9.55 Å². The second-order valence-electron chi connectivity index (χ2n) is 3.95. The Morgan fingerprint density at radius 3 is 2.94 bits per heavy atom. The molecule has 0 fully saturated rings. The first-order valence-electron chi connectivity index (χ1n) is 5.60. The number of imidazole rings is 1. The first-order chi connectivity index (χ1) is 7.72. The highest BCUT2D eigenvalue weighted by Crippen LogP contribution is 2.16. The van der Waals surface area contributed by atoms with Gasteiger partial charge in [0.15, 0.2) is 4.77 Å². The van der Waals surface area contributed by atoms with Gasteiger partial charge in [0.2, 0.25) is 0 Å². The van der Waals surface area contributed by atoms with Crippen LogP contribution in [0.1, 0.15) is 26.2 Å². The maximum absolute atomic E-state index is 13.2. The number of aromatic nitrogens is 2. The Bertz CT molecular complexity index is 541. The molecule has 0 unspecified atom stereocenters. The van der Waals surface area contributed by atoms with Crippen LogP contribution in [0.25, 0.3) is 11.0 Å². The average Bonchev–Trinajstić information content (AvgIpc) is 2.56. The van der Waals surface area contributed by atoms with Gasteiger partial charge in [0, 0.05) is 6.54 Å². The monoisotopic (exact) mass is 238 g/mol. The van der Waals surface area contributed by atoms with Crippen molar-refractivity contribution >= 4 is 23.3 Å². The van der Waals surface area contributed by atoms with Crippen LogP contribution in [0.4, 0.5) is 4.39 Å². The molecular weight excluding hydrogens is 223 g/mol. The quantitative estimate of drug-likeness (QED) is 0.630.